The van der Waals surface area contributed by atoms with E-state index in [1.165, 1.54) is 11.3 Å². The van der Waals surface area contributed by atoms with Gasteiger partial charge in [0.15, 0.2) is 0 Å². The predicted molar refractivity (Wildman–Crippen MR) is 54.9 cm³/mol. The van der Waals surface area contributed by atoms with Crippen LogP contribution >= 0.6 is 0 Å². The van der Waals surface area contributed by atoms with E-state index in [1.54, 1.807) is 0 Å². The van der Waals surface area contributed by atoms with Gasteiger partial charge in [0.2, 0.25) is 0 Å². The van der Waals surface area contributed by atoms with E-state index in [9.17, 15) is 0 Å². The van der Waals surface area contributed by atoms with Crippen LogP contribution in [0.5, 0.6) is 0 Å². The second-order valence-corrected chi connectivity index (χ2v) is 3.64. The van der Waals surface area contributed by atoms with Gasteiger partial charge >= 0.3 is 0 Å². The van der Waals surface area contributed by atoms with Crippen LogP contribution in [-0.4, -0.2) is 35.3 Å². The van der Waals surface area contributed by atoms with Crippen molar-refractivity contribution in [3.05, 3.63) is 17.5 Å². The summed E-state index contributed by atoms with van der Waals surface area (Å²) in [6.07, 6.45) is 3.05. The second kappa shape index (κ2) is 4.42. The number of rotatable bonds is 4. The number of nitrogens with zero attached hydrogens (tertiary/aromatic N) is 3. The van der Waals surface area contributed by atoms with Gasteiger partial charge in [-0.05, 0) is 33.0 Å². The highest BCUT2D eigenvalue weighted by molar-refractivity contribution is 5.15. The largest absolute Gasteiger partial charge is 0.308 e. The third-order valence-electron chi connectivity index (χ3n) is 2.34. The molecule has 0 bridgehead atoms. The van der Waals surface area contributed by atoms with E-state index in [2.05, 4.69) is 42.6 Å². The number of aromatic nitrogens is 2. The van der Waals surface area contributed by atoms with Crippen molar-refractivity contribution in [1.29, 1.82) is 0 Å². The SMILES string of the molecule is CCc1cnn(CCN(C)C)c1C. The highest BCUT2D eigenvalue weighted by Crippen LogP contribution is 2.07. The van der Waals surface area contributed by atoms with Crippen LogP contribution in [0.25, 0.3) is 0 Å². The topological polar surface area (TPSA) is 21.1 Å². The molecule has 0 aromatic carbocycles. The average Bonchev–Trinajstić information content (AvgIpc) is 2.43. The molecule has 3 heteroatoms. The van der Waals surface area contributed by atoms with Gasteiger partial charge in [0.25, 0.3) is 0 Å². The van der Waals surface area contributed by atoms with E-state index in [0.29, 0.717) is 0 Å². The summed E-state index contributed by atoms with van der Waals surface area (Å²) >= 11 is 0. The molecule has 1 heterocycles. The molecule has 1 rings (SSSR count). The number of likely N-dealkylation sites (N-methyl/N-ethyl adjacent to an activating group) is 1. The van der Waals surface area contributed by atoms with Crippen LogP contribution in [-0.2, 0) is 13.0 Å². The molecular weight excluding hydrogens is 162 g/mol. The summed E-state index contributed by atoms with van der Waals surface area (Å²) in [6, 6.07) is 0. The van der Waals surface area contributed by atoms with Crippen molar-refractivity contribution in [2.24, 2.45) is 0 Å². The van der Waals surface area contributed by atoms with Gasteiger partial charge in [-0.1, -0.05) is 6.92 Å². The molecule has 0 unspecified atom stereocenters. The Morgan fingerprint density at radius 2 is 2.15 bits per heavy atom. The highest BCUT2D eigenvalue weighted by Gasteiger charge is 2.03. The molecule has 74 valence electrons. The molecule has 0 aliphatic carbocycles. The molecule has 0 N–H and O–H groups in total. The minimum absolute atomic E-state index is 0.985. The quantitative estimate of drug-likeness (QED) is 0.698. The summed E-state index contributed by atoms with van der Waals surface area (Å²) < 4.78 is 2.08. The standard InChI is InChI=1S/C10H19N3/c1-5-10-8-11-13(9(10)2)7-6-12(3)4/h8H,5-7H2,1-4H3. The van der Waals surface area contributed by atoms with E-state index in [0.717, 1.165) is 19.5 Å². The van der Waals surface area contributed by atoms with Gasteiger partial charge in [-0.2, -0.15) is 5.10 Å². The lowest BCUT2D eigenvalue weighted by atomic mass is 10.2. The molecule has 0 saturated carbocycles. The second-order valence-electron chi connectivity index (χ2n) is 3.64. The van der Waals surface area contributed by atoms with Gasteiger partial charge in [-0.15, -0.1) is 0 Å². The Kier molecular flexibility index (Phi) is 3.48. The molecule has 0 atom stereocenters. The highest BCUT2D eigenvalue weighted by atomic mass is 15.3. The number of hydrogen-bond acceptors (Lipinski definition) is 2. The molecule has 0 radical (unpaired) electrons. The fraction of sp³-hybridized carbons (Fsp3) is 0.700. The maximum atomic E-state index is 4.35. The average molecular weight is 181 g/mol. The normalized spacial score (nSPS) is 11.2. The van der Waals surface area contributed by atoms with Crippen molar-refractivity contribution >= 4 is 0 Å². The first-order chi connectivity index (χ1) is 6.15. The molecule has 0 saturated heterocycles. The Morgan fingerprint density at radius 3 is 2.62 bits per heavy atom. The molecule has 1 aromatic heterocycles. The zero-order valence-corrected chi connectivity index (χ0v) is 9.04. The Hall–Kier alpha value is -0.830. The fourth-order valence-corrected chi connectivity index (χ4v) is 1.35. The lowest BCUT2D eigenvalue weighted by Gasteiger charge is -2.10. The monoisotopic (exact) mass is 181 g/mol. The minimum Gasteiger partial charge on any atom is -0.308 e. The fourth-order valence-electron chi connectivity index (χ4n) is 1.35. The first-order valence-corrected chi connectivity index (χ1v) is 4.81. The van der Waals surface area contributed by atoms with E-state index in [1.807, 2.05) is 6.20 Å². The molecular formula is C10H19N3. The lowest BCUT2D eigenvalue weighted by molar-refractivity contribution is 0.371. The van der Waals surface area contributed by atoms with Crippen LogP contribution < -0.4 is 0 Å². The Morgan fingerprint density at radius 1 is 1.46 bits per heavy atom. The van der Waals surface area contributed by atoms with Crippen molar-refractivity contribution in [1.82, 2.24) is 14.7 Å². The summed E-state index contributed by atoms with van der Waals surface area (Å²) in [6.45, 7) is 6.34. The minimum atomic E-state index is 0.985. The first kappa shape index (κ1) is 10.3. The van der Waals surface area contributed by atoms with Crippen molar-refractivity contribution in [2.45, 2.75) is 26.8 Å². The molecule has 0 spiro atoms. The molecule has 1 aromatic rings. The van der Waals surface area contributed by atoms with Gasteiger partial charge in [-0.3, -0.25) is 4.68 Å². The Balaban J connectivity index is 2.62. The van der Waals surface area contributed by atoms with Crippen LogP contribution in [0.1, 0.15) is 18.2 Å². The van der Waals surface area contributed by atoms with Gasteiger partial charge in [0, 0.05) is 12.2 Å². The van der Waals surface area contributed by atoms with Crippen molar-refractivity contribution in [3.63, 3.8) is 0 Å². The maximum absolute atomic E-state index is 4.35. The smallest absolute Gasteiger partial charge is 0.0539 e. The zero-order chi connectivity index (χ0) is 9.84. The predicted octanol–water partition coefficient (Wildman–Crippen LogP) is 1.32. The molecule has 0 fully saturated rings. The molecule has 0 amide bonds. The summed E-state index contributed by atoms with van der Waals surface area (Å²) in [5.41, 5.74) is 2.67. The van der Waals surface area contributed by atoms with Crippen molar-refractivity contribution < 1.29 is 0 Å². The van der Waals surface area contributed by atoms with Crippen LogP contribution in [0.3, 0.4) is 0 Å². The Labute approximate surface area is 80.4 Å². The third kappa shape index (κ3) is 2.56. The Bertz CT molecular complexity index is 263. The summed E-state index contributed by atoms with van der Waals surface area (Å²) in [5, 5.41) is 4.35. The van der Waals surface area contributed by atoms with Crippen LogP contribution in [0.15, 0.2) is 6.20 Å². The summed E-state index contributed by atoms with van der Waals surface area (Å²) in [7, 11) is 4.17. The van der Waals surface area contributed by atoms with Gasteiger partial charge < -0.3 is 4.90 Å². The van der Waals surface area contributed by atoms with E-state index < -0.39 is 0 Å². The molecule has 0 aliphatic heterocycles. The van der Waals surface area contributed by atoms with Crippen LogP contribution in [0.4, 0.5) is 0 Å². The van der Waals surface area contributed by atoms with Gasteiger partial charge in [0.05, 0.1) is 12.7 Å². The molecule has 3 nitrogen and oxygen atoms in total. The van der Waals surface area contributed by atoms with Gasteiger partial charge in [-0.25, -0.2) is 0 Å². The van der Waals surface area contributed by atoms with Gasteiger partial charge in [0.1, 0.15) is 0 Å². The summed E-state index contributed by atoms with van der Waals surface area (Å²) in [4.78, 5) is 2.17. The van der Waals surface area contributed by atoms with Crippen molar-refractivity contribution in [2.75, 3.05) is 20.6 Å². The van der Waals surface area contributed by atoms with E-state index >= 15 is 0 Å². The first-order valence-electron chi connectivity index (χ1n) is 4.81. The summed E-state index contributed by atoms with van der Waals surface area (Å²) in [5.74, 6) is 0. The third-order valence-corrected chi connectivity index (χ3v) is 2.34. The van der Waals surface area contributed by atoms with Crippen molar-refractivity contribution in [3.8, 4) is 0 Å². The van der Waals surface area contributed by atoms with E-state index in [-0.39, 0.29) is 0 Å². The van der Waals surface area contributed by atoms with Crippen LogP contribution in [0, 0.1) is 6.92 Å². The number of hydrogen-bond donors (Lipinski definition) is 0. The van der Waals surface area contributed by atoms with Crippen LogP contribution in [0.2, 0.25) is 0 Å². The number of aryl methyl sites for hydroxylation is 1. The lowest BCUT2D eigenvalue weighted by Crippen LogP contribution is -2.19. The van der Waals surface area contributed by atoms with E-state index in [4.69, 9.17) is 0 Å². The molecule has 0 aliphatic rings. The zero-order valence-electron chi connectivity index (χ0n) is 9.04. The maximum Gasteiger partial charge on any atom is 0.0539 e. The molecule has 13 heavy (non-hydrogen) atoms.